The molecule has 2 saturated carbocycles. The molecule has 8 heteroatoms. The number of halogens is 4. The van der Waals surface area contributed by atoms with Crippen LogP contribution >= 0.6 is 0 Å². The Bertz CT molecular complexity index is 1310. The van der Waals surface area contributed by atoms with E-state index in [4.69, 9.17) is 4.74 Å². The van der Waals surface area contributed by atoms with E-state index in [-0.39, 0.29) is 44.6 Å². The van der Waals surface area contributed by atoms with Gasteiger partial charge in [-0.15, -0.1) is 0 Å². The quantitative estimate of drug-likeness (QED) is 0.543. The van der Waals surface area contributed by atoms with Crippen molar-refractivity contribution in [3.05, 3.63) is 90.3 Å². The van der Waals surface area contributed by atoms with E-state index in [1.54, 1.807) is 11.0 Å². The van der Waals surface area contributed by atoms with E-state index in [0.29, 0.717) is 19.6 Å². The first-order valence-electron chi connectivity index (χ1n) is 11.5. The van der Waals surface area contributed by atoms with E-state index in [1.807, 2.05) is 24.3 Å². The molecule has 182 valence electrons. The van der Waals surface area contributed by atoms with Gasteiger partial charge in [-0.25, -0.2) is 0 Å². The average molecular weight is 592 g/mol. The van der Waals surface area contributed by atoms with Gasteiger partial charge in [0.05, 0.1) is 0 Å². The molecule has 1 N–H and O–H groups in total. The number of carboxylic acids is 1. The van der Waals surface area contributed by atoms with Gasteiger partial charge in [0.15, 0.2) is 0 Å². The third kappa shape index (κ3) is 4.05. The number of carboxylic acid groups (broad SMARTS) is 1. The van der Waals surface area contributed by atoms with Crippen molar-refractivity contribution >= 4 is 17.3 Å². The van der Waals surface area contributed by atoms with Crippen LogP contribution in [0.25, 0.3) is 0 Å². The van der Waals surface area contributed by atoms with Crippen molar-refractivity contribution in [2.24, 2.45) is 17.8 Å². The summed E-state index contributed by atoms with van der Waals surface area (Å²) in [5, 5.41) is 9.36. The minimum absolute atomic E-state index is 0.161. The number of rotatable bonds is 5. The van der Waals surface area contributed by atoms with E-state index >= 15 is 0 Å². The molecule has 2 heterocycles. The average Bonchev–Trinajstić information content (AvgIpc) is 3.30. The predicted octanol–water partition coefficient (Wildman–Crippen LogP) is 3.02. The number of para-hydroxylation sites is 1. The monoisotopic (exact) mass is 592 g/mol. The molecule has 0 saturated heterocycles. The van der Waals surface area contributed by atoms with Gasteiger partial charge in [-0.05, 0) is 0 Å². The molecule has 0 radical (unpaired) electrons. The molecule has 0 bridgehead atoms. The number of benzene rings is 2. The van der Waals surface area contributed by atoms with E-state index in [1.165, 1.54) is 23.3 Å². The van der Waals surface area contributed by atoms with E-state index in [2.05, 4.69) is 8.17 Å². The van der Waals surface area contributed by atoms with Gasteiger partial charge in [0, 0.05) is 0 Å². The minimum atomic E-state index is -4.42. The Morgan fingerprint density at radius 3 is 2.77 bits per heavy atom. The molecule has 2 aliphatic carbocycles. The molecule has 6 rings (SSSR count). The molecule has 0 spiro atoms. The number of allylic oxidation sites excluding steroid dienone is 3. The van der Waals surface area contributed by atoms with Crippen LogP contribution in [-0.4, -0.2) is 17.6 Å². The fraction of sp³-hybridized carbons (Fsp3) is 0.296. The second-order valence-corrected chi connectivity index (χ2v) is 11.3. The van der Waals surface area contributed by atoms with Crippen LogP contribution in [0.3, 0.4) is 0 Å². The molecule has 0 unspecified atom stereocenters. The third-order valence-corrected chi connectivity index (χ3v) is 9.26. The number of hydrogen-bond donors (Lipinski definition) is 1. The number of nitrogens with zero attached hydrogens (tertiary/aromatic N) is 1. The zero-order valence-electron chi connectivity index (χ0n) is 18.6. The summed E-state index contributed by atoms with van der Waals surface area (Å²) in [5.74, 6) is 0.244. The van der Waals surface area contributed by atoms with E-state index < -0.39 is 17.7 Å². The number of hydrogen-bond acceptors (Lipinski definition) is 3. The number of alkyl halides is 3. The molecule has 3 atom stereocenters. The number of anilines is 2. The van der Waals surface area contributed by atoms with Crippen LogP contribution < -0.4 is 26.1 Å². The van der Waals surface area contributed by atoms with Crippen molar-refractivity contribution in [2.75, 3.05) is 11.4 Å². The first kappa shape index (κ1) is 22.7. The van der Waals surface area contributed by atoms with Crippen LogP contribution in [0.15, 0.2) is 73.6 Å². The van der Waals surface area contributed by atoms with E-state index in [9.17, 15) is 23.1 Å². The molecule has 2 fully saturated rings. The second kappa shape index (κ2) is 8.43. The van der Waals surface area contributed by atoms with Crippen molar-refractivity contribution in [3.8, 4) is 0 Å². The van der Waals surface area contributed by atoms with Crippen LogP contribution in [-0.2, 0) is 28.7 Å². The molecule has 2 aromatic rings. The van der Waals surface area contributed by atoms with Crippen LogP contribution in [0, 0.1) is 17.8 Å². The summed E-state index contributed by atoms with van der Waals surface area (Å²) in [5.41, 5.74) is 4.65. The summed E-state index contributed by atoms with van der Waals surface area (Å²) in [6.45, 7) is 0.823. The number of ether oxygens (including phenoxy) is 1. The summed E-state index contributed by atoms with van der Waals surface area (Å²) in [7, 11) is 0. The van der Waals surface area contributed by atoms with Gasteiger partial charge in [-0.3, -0.25) is 0 Å². The third-order valence-electron chi connectivity index (χ3n) is 7.26. The fourth-order valence-electron chi connectivity index (χ4n) is 5.58. The van der Waals surface area contributed by atoms with Gasteiger partial charge in [-0.1, -0.05) is 0 Å². The standard InChI is InChI=1S/C27H22F3INO3/c28-27(29,30)21-3-1-2-4-22(21)32-8-7-16-6-5-15(9-23(16)32)14-35-18-10-17-11-19-24(25(19)26(33)34)20(17)13-31-12-18/h1-6,9-10,12-13,19,24-25H,7-8,11,14H2,(H,33,34)/q-1/t19-,24-,25+/m1/s1. The topological polar surface area (TPSA) is 49.8 Å². The Morgan fingerprint density at radius 2 is 1.97 bits per heavy atom. The zero-order valence-corrected chi connectivity index (χ0v) is 20.7. The summed E-state index contributed by atoms with van der Waals surface area (Å²) in [6, 6.07) is 11.6. The first-order valence-corrected chi connectivity index (χ1v) is 13.9. The summed E-state index contributed by atoms with van der Waals surface area (Å²) in [6.07, 6.45) is -0.896. The molecular weight excluding hydrogens is 570 g/mol. The van der Waals surface area contributed by atoms with Crippen LogP contribution in [0.2, 0.25) is 0 Å². The molecule has 0 aromatic heterocycles. The number of aliphatic carboxylic acids is 1. The first-order chi connectivity index (χ1) is 16.8. The van der Waals surface area contributed by atoms with Crippen molar-refractivity contribution in [1.29, 1.82) is 0 Å². The molecular formula is C27H22F3INO3-. The molecule has 35 heavy (non-hydrogen) atoms. The van der Waals surface area contributed by atoms with Gasteiger partial charge in [0.25, 0.3) is 0 Å². The van der Waals surface area contributed by atoms with Crippen LogP contribution in [0.4, 0.5) is 24.5 Å². The Kier molecular flexibility index (Phi) is 5.47. The van der Waals surface area contributed by atoms with Crippen LogP contribution in [0.1, 0.15) is 23.1 Å². The maximum atomic E-state index is 13.6. The summed E-state index contributed by atoms with van der Waals surface area (Å²) in [4.78, 5) is 13.1. The normalized spacial score (nSPS) is 24.7. The number of carbonyl (C=O) groups is 1. The van der Waals surface area contributed by atoms with Crippen molar-refractivity contribution < 1.29 is 49.0 Å². The maximum absolute atomic E-state index is 13.6. The molecule has 2 aliphatic heterocycles. The fourth-order valence-corrected chi connectivity index (χ4v) is 7.67. The Balaban J connectivity index is 1.18. The molecule has 4 aliphatic rings. The van der Waals surface area contributed by atoms with Crippen molar-refractivity contribution in [3.63, 3.8) is 0 Å². The van der Waals surface area contributed by atoms with Crippen molar-refractivity contribution in [2.45, 2.75) is 25.6 Å². The van der Waals surface area contributed by atoms with Crippen LogP contribution in [0.5, 0.6) is 0 Å². The molecule has 0 amide bonds. The zero-order chi connectivity index (χ0) is 24.3. The Hall–Kier alpha value is -2.75. The molecule has 4 nitrogen and oxygen atoms in total. The SMILES string of the molecule is O=C(O)[C@H]1[C@@H]2CC3=CC(OCc4ccc5c(c4)N(c4ccccc4C(F)(F)F)CC5)=C[I-]C=C3[C@@H]21. The summed E-state index contributed by atoms with van der Waals surface area (Å²) < 4.78 is 51.3. The predicted molar refractivity (Wildman–Crippen MR) is 120 cm³/mol. The van der Waals surface area contributed by atoms with Gasteiger partial charge >= 0.3 is 211 Å². The van der Waals surface area contributed by atoms with E-state index in [0.717, 1.165) is 35.1 Å². The van der Waals surface area contributed by atoms with Gasteiger partial charge in [0.2, 0.25) is 0 Å². The summed E-state index contributed by atoms with van der Waals surface area (Å²) >= 11 is -0.376. The van der Waals surface area contributed by atoms with Crippen molar-refractivity contribution in [1.82, 2.24) is 0 Å². The van der Waals surface area contributed by atoms with Gasteiger partial charge in [-0.2, -0.15) is 0 Å². The van der Waals surface area contributed by atoms with Gasteiger partial charge < -0.3 is 0 Å². The van der Waals surface area contributed by atoms with Gasteiger partial charge in [0.1, 0.15) is 0 Å². The Labute approximate surface area is 211 Å². The molecule has 2 aromatic carbocycles. The number of fused-ring (bicyclic) bond motifs is 4. The second-order valence-electron chi connectivity index (χ2n) is 9.30. The Morgan fingerprint density at radius 1 is 1.14 bits per heavy atom.